The zero-order chi connectivity index (χ0) is 23.6. The molecule has 1 heterocycles. The van der Waals surface area contributed by atoms with Crippen molar-refractivity contribution in [2.75, 3.05) is 13.2 Å². The van der Waals surface area contributed by atoms with E-state index < -0.39 is 5.92 Å². The summed E-state index contributed by atoms with van der Waals surface area (Å²) in [6.07, 6.45) is 1.01. The first-order valence-corrected chi connectivity index (χ1v) is 11.0. The van der Waals surface area contributed by atoms with E-state index >= 15 is 0 Å². The first-order valence-electron chi connectivity index (χ1n) is 11.0. The Morgan fingerprint density at radius 1 is 1.09 bits per heavy atom. The number of hydrogen-bond donors (Lipinski definition) is 1. The minimum Gasteiger partial charge on any atom is -0.490 e. The Morgan fingerprint density at radius 3 is 2.48 bits per heavy atom. The predicted octanol–water partition coefficient (Wildman–Crippen LogP) is 4.90. The van der Waals surface area contributed by atoms with Crippen molar-refractivity contribution in [1.82, 2.24) is 0 Å². The minimum absolute atomic E-state index is 0.000167. The van der Waals surface area contributed by atoms with Gasteiger partial charge in [0.05, 0.1) is 5.92 Å². The lowest BCUT2D eigenvalue weighted by Gasteiger charge is -2.37. The van der Waals surface area contributed by atoms with Crippen LogP contribution in [-0.4, -0.2) is 19.0 Å². The van der Waals surface area contributed by atoms with Crippen LogP contribution in [0.1, 0.15) is 43.7 Å². The number of ketones is 1. The van der Waals surface area contributed by atoms with E-state index in [0.29, 0.717) is 43.1 Å². The Kier molecular flexibility index (Phi) is 6.15. The van der Waals surface area contributed by atoms with Crippen molar-refractivity contribution in [3.8, 4) is 17.6 Å². The molecule has 1 aliphatic heterocycles. The van der Waals surface area contributed by atoms with Crippen molar-refractivity contribution in [2.45, 2.75) is 39.5 Å². The number of carbonyl (C=O) groups excluding carboxylic acids is 1. The number of carbonyl (C=O) groups is 1. The molecule has 0 saturated carbocycles. The number of nitrogens with two attached hydrogens (primary N) is 1. The standard InChI is InChI=1S/C27H28N2O4/c1-17-6-4-5-7-22(17)32-13-12-31-19-10-8-18(9-11-19)24-20(16-28)26(29)33-23-15-27(2,3)14-21(30)25(23)24/h4-11,24H,12-15,29H2,1-3H3. The highest BCUT2D eigenvalue weighted by Crippen LogP contribution is 2.47. The molecule has 2 aliphatic rings. The van der Waals surface area contributed by atoms with E-state index in [1.54, 1.807) is 0 Å². The molecule has 170 valence electrons. The van der Waals surface area contributed by atoms with Gasteiger partial charge < -0.3 is 19.9 Å². The molecule has 0 spiro atoms. The fraction of sp³-hybridized carbons (Fsp3) is 0.333. The SMILES string of the molecule is Cc1ccccc1OCCOc1ccc(C2C(C#N)=C(N)OC3=C2C(=O)CC(C)(C)C3)cc1. The van der Waals surface area contributed by atoms with Crippen LogP contribution in [0.4, 0.5) is 0 Å². The fourth-order valence-corrected chi connectivity index (χ4v) is 4.40. The molecule has 0 radical (unpaired) electrons. The summed E-state index contributed by atoms with van der Waals surface area (Å²) in [6, 6.07) is 17.4. The van der Waals surface area contributed by atoms with Crippen LogP contribution in [0.25, 0.3) is 0 Å². The number of para-hydroxylation sites is 1. The maximum absolute atomic E-state index is 13.0. The normalized spacial score (nSPS) is 19.5. The first kappa shape index (κ1) is 22.5. The molecule has 1 unspecified atom stereocenters. The zero-order valence-corrected chi connectivity index (χ0v) is 19.2. The van der Waals surface area contributed by atoms with Gasteiger partial charge in [-0.2, -0.15) is 5.26 Å². The van der Waals surface area contributed by atoms with Gasteiger partial charge in [0.25, 0.3) is 0 Å². The average molecular weight is 445 g/mol. The van der Waals surface area contributed by atoms with Gasteiger partial charge in [0, 0.05) is 18.4 Å². The van der Waals surface area contributed by atoms with Crippen LogP contribution in [0.15, 0.2) is 71.3 Å². The Balaban J connectivity index is 1.49. The third-order valence-electron chi connectivity index (χ3n) is 5.99. The Hall–Kier alpha value is -3.72. The number of hydrogen-bond acceptors (Lipinski definition) is 6. The molecule has 0 aromatic heterocycles. The van der Waals surface area contributed by atoms with Crippen LogP contribution in [0.5, 0.6) is 11.5 Å². The predicted molar refractivity (Wildman–Crippen MR) is 124 cm³/mol. The molecule has 0 saturated heterocycles. The van der Waals surface area contributed by atoms with Gasteiger partial charge in [0.15, 0.2) is 5.78 Å². The summed E-state index contributed by atoms with van der Waals surface area (Å²) in [5.41, 5.74) is 8.57. The van der Waals surface area contributed by atoms with Gasteiger partial charge in [-0.05, 0) is 41.7 Å². The summed E-state index contributed by atoms with van der Waals surface area (Å²) in [4.78, 5) is 13.0. The van der Waals surface area contributed by atoms with Crippen LogP contribution in [0, 0.1) is 23.7 Å². The number of nitriles is 1. The lowest BCUT2D eigenvalue weighted by molar-refractivity contribution is -0.119. The molecule has 1 aliphatic carbocycles. The number of allylic oxidation sites excluding steroid dienone is 3. The molecule has 4 rings (SSSR count). The summed E-state index contributed by atoms with van der Waals surface area (Å²) >= 11 is 0. The van der Waals surface area contributed by atoms with Crippen LogP contribution >= 0.6 is 0 Å². The van der Waals surface area contributed by atoms with Gasteiger partial charge in [-0.3, -0.25) is 4.79 Å². The van der Waals surface area contributed by atoms with E-state index in [1.807, 2.05) is 69.3 Å². The third-order valence-corrected chi connectivity index (χ3v) is 5.99. The summed E-state index contributed by atoms with van der Waals surface area (Å²) in [5, 5.41) is 9.74. The van der Waals surface area contributed by atoms with Crippen molar-refractivity contribution < 1.29 is 19.0 Å². The van der Waals surface area contributed by atoms with Gasteiger partial charge in [0.2, 0.25) is 5.88 Å². The highest BCUT2D eigenvalue weighted by molar-refractivity contribution is 6.00. The highest BCUT2D eigenvalue weighted by Gasteiger charge is 2.42. The molecule has 0 fully saturated rings. The highest BCUT2D eigenvalue weighted by atomic mass is 16.5. The zero-order valence-electron chi connectivity index (χ0n) is 19.2. The van der Waals surface area contributed by atoms with E-state index in [4.69, 9.17) is 19.9 Å². The minimum atomic E-state index is -0.527. The van der Waals surface area contributed by atoms with Crippen LogP contribution < -0.4 is 15.2 Å². The van der Waals surface area contributed by atoms with Crippen molar-refractivity contribution >= 4 is 5.78 Å². The Labute approximate surface area is 194 Å². The second-order valence-corrected chi connectivity index (χ2v) is 9.23. The van der Waals surface area contributed by atoms with Crippen LogP contribution in [-0.2, 0) is 9.53 Å². The quantitative estimate of drug-likeness (QED) is 0.637. The van der Waals surface area contributed by atoms with Gasteiger partial charge in [-0.1, -0.05) is 44.2 Å². The van der Waals surface area contributed by atoms with Crippen molar-refractivity contribution in [3.63, 3.8) is 0 Å². The topological polar surface area (TPSA) is 94.6 Å². The van der Waals surface area contributed by atoms with Crippen molar-refractivity contribution in [3.05, 3.63) is 82.4 Å². The molecule has 2 N–H and O–H groups in total. The number of rotatable bonds is 6. The fourth-order valence-electron chi connectivity index (χ4n) is 4.40. The monoisotopic (exact) mass is 444 g/mol. The number of benzene rings is 2. The van der Waals surface area contributed by atoms with Gasteiger partial charge in [-0.25, -0.2) is 0 Å². The number of ether oxygens (including phenoxy) is 3. The smallest absolute Gasteiger partial charge is 0.205 e. The maximum Gasteiger partial charge on any atom is 0.205 e. The largest absolute Gasteiger partial charge is 0.490 e. The number of nitrogens with zero attached hydrogens (tertiary/aromatic N) is 1. The van der Waals surface area contributed by atoms with E-state index in [9.17, 15) is 10.1 Å². The average Bonchev–Trinajstić information content (AvgIpc) is 2.76. The van der Waals surface area contributed by atoms with Crippen molar-refractivity contribution in [1.29, 1.82) is 5.26 Å². The molecular formula is C27H28N2O4. The van der Waals surface area contributed by atoms with E-state index in [1.165, 1.54) is 0 Å². The molecule has 6 nitrogen and oxygen atoms in total. The molecule has 2 aromatic carbocycles. The summed E-state index contributed by atoms with van der Waals surface area (Å²) < 4.78 is 17.3. The summed E-state index contributed by atoms with van der Waals surface area (Å²) in [5.74, 6) is 1.64. The molecule has 2 aromatic rings. The Morgan fingerprint density at radius 2 is 1.79 bits per heavy atom. The van der Waals surface area contributed by atoms with Crippen molar-refractivity contribution in [2.24, 2.45) is 11.1 Å². The van der Waals surface area contributed by atoms with Crippen LogP contribution in [0.2, 0.25) is 0 Å². The lowest BCUT2D eigenvalue weighted by Crippen LogP contribution is -2.33. The summed E-state index contributed by atoms with van der Waals surface area (Å²) in [7, 11) is 0. The third kappa shape index (κ3) is 4.73. The molecule has 0 bridgehead atoms. The van der Waals surface area contributed by atoms with Gasteiger partial charge in [0.1, 0.15) is 42.1 Å². The molecule has 33 heavy (non-hydrogen) atoms. The first-order chi connectivity index (χ1) is 15.8. The van der Waals surface area contributed by atoms with E-state index in [0.717, 1.165) is 16.9 Å². The number of aryl methyl sites for hydroxylation is 1. The van der Waals surface area contributed by atoms with Gasteiger partial charge in [-0.15, -0.1) is 0 Å². The second kappa shape index (κ2) is 9.03. The lowest BCUT2D eigenvalue weighted by atomic mass is 9.70. The van der Waals surface area contributed by atoms with E-state index in [2.05, 4.69) is 6.07 Å². The molecule has 6 heteroatoms. The Bertz CT molecular complexity index is 1170. The van der Waals surface area contributed by atoms with E-state index in [-0.39, 0.29) is 22.7 Å². The molecule has 0 amide bonds. The van der Waals surface area contributed by atoms with Crippen LogP contribution in [0.3, 0.4) is 0 Å². The van der Waals surface area contributed by atoms with Gasteiger partial charge >= 0.3 is 0 Å². The maximum atomic E-state index is 13.0. The second-order valence-electron chi connectivity index (χ2n) is 9.23. The number of Topliss-reactive ketones (excluding diaryl/α,β-unsaturated/α-hetero) is 1. The molecule has 1 atom stereocenters. The molecular weight excluding hydrogens is 416 g/mol. The summed E-state index contributed by atoms with van der Waals surface area (Å²) in [6.45, 7) is 6.87.